The predicted octanol–water partition coefficient (Wildman–Crippen LogP) is 0.296. The molecule has 1 aliphatic rings. The van der Waals surface area contributed by atoms with Crippen molar-refractivity contribution in [3.05, 3.63) is 0 Å². The van der Waals surface area contributed by atoms with Crippen LogP contribution in [0.3, 0.4) is 0 Å². The standard InChI is InChI=1S/C8H15NO2/c1-7(10)6-11-8-3-4-9(2)5-8/h8H,3-6H2,1-2H3/t8-/m1/s1. The molecule has 64 valence electrons. The Bertz CT molecular complexity index is 147. The predicted molar refractivity (Wildman–Crippen MR) is 42.5 cm³/mol. The third-order valence-electron chi connectivity index (χ3n) is 1.87. The Labute approximate surface area is 67.3 Å². The van der Waals surface area contributed by atoms with Gasteiger partial charge in [0.1, 0.15) is 6.61 Å². The minimum Gasteiger partial charge on any atom is -0.369 e. The molecule has 0 spiro atoms. The van der Waals surface area contributed by atoms with E-state index in [4.69, 9.17) is 4.74 Å². The Morgan fingerprint density at radius 1 is 1.73 bits per heavy atom. The molecule has 0 amide bonds. The van der Waals surface area contributed by atoms with Crippen molar-refractivity contribution in [2.24, 2.45) is 0 Å². The van der Waals surface area contributed by atoms with Gasteiger partial charge in [-0.1, -0.05) is 0 Å². The zero-order valence-corrected chi connectivity index (χ0v) is 7.17. The third kappa shape index (κ3) is 2.99. The molecule has 0 aromatic rings. The first-order valence-electron chi connectivity index (χ1n) is 3.98. The molecule has 1 aliphatic heterocycles. The van der Waals surface area contributed by atoms with Gasteiger partial charge in [0.25, 0.3) is 0 Å². The topological polar surface area (TPSA) is 29.5 Å². The number of ether oxygens (including phenoxy) is 1. The molecule has 0 bridgehead atoms. The molecule has 1 fully saturated rings. The number of likely N-dealkylation sites (N-methyl/N-ethyl adjacent to an activating group) is 1. The van der Waals surface area contributed by atoms with Crippen LogP contribution in [0.15, 0.2) is 0 Å². The highest BCUT2D eigenvalue weighted by molar-refractivity contribution is 5.76. The third-order valence-corrected chi connectivity index (χ3v) is 1.87. The maximum atomic E-state index is 10.5. The van der Waals surface area contributed by atoms with E-state index >= 15 is 0 Å². The van der Waals surface area contributed by atoms with Crippen LogP contribution in [0, 0.1) is 0 Å². The lowest BCUT2D eigenvalue weighted by molar-refractivity contribution is -0.123. The van der Waals surface area contributed by atoms with Crippen LogP contribution in [0.4, 0.5) is 0 Å². The summed E-state index contributed by atoms with van der Waals surface area (Å²) in [5.41, 5.74) is 0. The fraction of sp³-hybridized carbons (Fsp3) is 0.875. The number of carbonyl (C=O) groups excluding carboxylic acids is 1. The van der Waals surface area contributed by atoms with Crippen LogP contribution in [-0.2, 0) is 9.53 Å². The minimum atomic E-state index is 0.111. The molecule has 0 aromatic heterocycles. The van der Waals surface area contributed by atoms with Gasteiger partial charge in [0.05, 0.1) is 6.10 Å². The van der Waals surface area contributed by atoms with E-state index in [1.165, 1.54) is 0 Å². The van der Waals surface area contributed by atoms with Gasteiger partial charge >= 0.3 is 0 Å². The van der Waals surface area contributed by atoms with Crippen LogP contribution in [0.5, 0.6) is 0 Å². The number of Topliss-reactive ketones (excluding diaryl/α,β-unsaturated/α-hetero) is 1. The number of ketones is 1. The minimum absolute atomic E-state index is 0.111. The van der Waals surface area contributed by atoms with Crippen molar-refractivity contribution >= 4 is 5.78 Å². The summed E-state index contributed by atoms with van der Waals surface area (Å²) >= 11 is 0. The largest absolute Gasteiger partial charge is 0.369 e. The van der Waals surface area contributed by atoms with Gasteiger partial charge < -0.3 is 9.64 Å². The highest BCUT2D eigenvalue weighted by Gasteiger charge is 2.19. The fourth-order valence-electron chi connectivity index (χ4n) is 1.27. The number of rotatable bonds is 3. The van der Waals surface area contributed by atoms with Crippen LogP contribution in [-0.4, -0.2) is 43.5 Å². The molecule has 1 atom stereocenters. The first kappa shape index (κ1) is 8.68. The molecule has 0 N–H and O–H groups in total. The van der Waals surface area contributed by atoms with Gasteiger partial charge in [-0.15, -0.1) is 0 Å². The van der Waals surface area contributed by atoms with Gasteiger partial charge in [-0.2, -0.15) is 0 Å². The molecule has 1 heterocycles. The van der Waals surface area contributed by atoms with Crippen molar-refractivity contribution in [3.8, 4) is 0 Å². The van der Waals surface area contributed by atoms with Crippen molar-refractivity contribution in [1.82, 2.24) is 4.90 Å². The summed E-state index contributed by atoms with van der Waals surface area (Å²) in [6, 6.07) is 0. The molecule has 1 saturated heterocycles. The summed E-state index contributed by atoms with van der Waals surface area (Å²) in [6.45, 7) is 3.88. The van der Waals surface area contributed by atoms with Crippen molar-refractivity contribution < 1.29 is 9.53 Å². The second-order valence-electron chi connectivity index (χ2n) is 3.19. The van der Waals surface area contributed by atoms with Crippen LogP contribution in [0.2, 0.25) is 0 Å². The maximum Gasteiger partial charge on any atom is 0.155 e. The van der Waals surface area contributed by atoms with Gasteiger partial charge in [0, 0.05) is 13.1 Å². The molecule has 0 radical (unpaired) electrons. The highest BCUT2D eigenvalue weighted by Crippen LogP contribution is 2.09. The first-order valence-corrected chi connectivity index (χ1v) is 3.98. The quantitative estimate of drug-likeness (QED) is 0.590. The van der Waals surface area contributed by atoms with Gasteiger partial charge in [-0.3, -0.25) is 4.79 Å². The summed E-state index contributed by atoms with van der Waals surface area (Å²) < 4.78 is 5.34. The van der Waals surface area contributed by atoms with Crippen molar-refractivity contribution in [2.45, 2.75) is 19.4 Å². The summed E-state index contributed by atoms with van der Waals surface area (Å²) in [7, 11) is 2.07. The Hall–Kier alpha value is -0.410. The lowest BCUT2D eigenvalue weighted by atomic mass is 10.3. The van der Waals surface area contributed by atoms with Crippen molar-refractivity contribution in [1.29, 1.82) is 0 Å². The highest BCUT2D eigenvalue weighted by atomic mass is 16.5. The second kappa shape index (κ2) is 3.83. The average molecular weight is 157 g/mol. The molecular weight excluding hydrogens is 142 g/mol. The van der Waals surface area contributed by atoms with Gasteiger partial charge in [0.2, 0.25) is 0 Å². The van der Waals surface area contributed by atoms with E-state index in [9.17, 15) is 4.79 Å². The van der Waals surface area contributed by atoms with Gasteiger partial charge in [-0.25, -0.2) is 0 Å². The Kier molecular flexibility index (Phi) is 3.02. The number of nitrogens with zero attached hydrogens (tertiary/aromatic N) is 1. The maximum absolute atomic E-state index is 10.5. The smallest absolute Gasteiger partial charge is 0.155 e. The lowest BCUT2D eigenvalue weighted by Crippen LogP contribution is -2.21. The Morgan fingerprint density at radius 3 is 2.91 bits per heavy atom. The molecule has 0 saturated carbocycles. The van der Waals surface area contributed by atoms with Gasteiger partial charge in [0.15, 0.2) is 5.78 Å². The summed E-state index contributed by atoms with van der Waals surface area (Å²) in [5, 5.41) is 0. The Morgan fingerprint density at radius 2 is 2.45 bits per heavy atom. The van der Waals surface area contributed by atoms with E-state index in [1.54, 1.807) is 6.92 Å². The van der Waals surface area contributed by atoms with Crippen LogP contribution in [0.25, 0.3) is 0 Å². The van der Waals surface area contributed by atoms with Crippen molar-refractivity contribution in [3.63, 3.8) is 0 Å². The SMILES string of the molecule is CC(=O)CO[C@@H]1CCN(C)C1. The number of hydrogen-bond acceptors (Lipinski definition) is 3. The van der Waals surface area contributed by atoms with Crippen LogP contribution in [0.1, 0.15) is 13.3 Å². The van der Waals surface area contributed by atoms with E-state index in [0.717, 1.165) is 19.5 Å². The van der Waals surface area contributed by atoms with E-state index in [-0.39, 0.29) is 18.5 Å². The molecule has 3 nitrogen and oxygen atoms in total. The van der Waals surface area contributed by atoms with Gasteiger partial charge in [-0.05, 0) is 20.4 Å². The molecule has 3 heteroatoms. The van der Waals surface area contributed by atoms with E-state index in [0.29, 0.717) is 0 Å². The zero-order valence-electron chi connectivity index (χ0n) is 7.17. The fourth-order valence-corrected chi connectivity index (χ4v) is 1.27. The molecule has 0 aliphatic carbocycles. The molecule has 0 aromatic carbocycles. The Balaban J connectivity index is 2.13. The lowest BCUT2D eigenvalue weighted by Gasteiger charge is -2.09. The second-order valence-corrected chi connectivity index (χ2v) is 3.19. The number of hydrogen-bond donors (Lipinski definition) is 0. The van der Waals surface area contributed by atoms with E-state index < -0.39 is 0 Å². The van der Waals surface area contributed by atoms with Crippen molar-refractivity contribution in [2.75, 3.05) is 26.7 Å². The molecule has 0 unspecified atom stereocenters. The average Bonchev–Trinajstić information content (AvgIpc) is 2.31. The monoisotopic (exact) mass is 157 g/mol. The normalized spacial score (nSPS) is 25.8. The summed E-state index contributed by atoms with van der Waals surface area (Å²) in [6.07, 6.45) is 1.34. The molecule has 11 heavy (non-hydrogen) atoms. The van der Waals surface area contributed by atoms with E-state index in [2.05, 4.69) is 11.9 Å². The zero-order chi connectivity index (χ0) is 8.27. The molecule has 1 rings (SSSR count). The summed E-state index contributed by atoms with van der Waals surface area (Å²) in [5.74, 6) is 0.111. The number of carbonyl (C=O) groups is 1. The van der Waals surface area contributed by atoms with Crippen LogP contribution >= 0.6 is 0 Å². The number of likely N-dealkylation sites (tertiary alicyclic amines) is 1. The molecular formula is C8H15NO2. The van der Waals surface area contributed by atoms with E-state index in [1.807, 2.05) is 0 Å². The van der Waals surface area contributed by atoms with Crippen LogP contribution < -0.4 is 0 Å². The summed E-state index contributed by atoms with van der Waals surface area (Å²) in [4.78, 5) is 12.8. The first-order chi connectivity index (χ1) is 5.18.